The highest BCUT2D eigenvalue weighted by Crippen LogP contribution is 2.20. The second-order valence-electron chi connectivity index (χ2n) is 2.77. The van der Waals surface area contributed by atoms with E-state index in [4.69, 9.17) is 0 Å². The van der Waals surface area contributed by atoms with Gasteiger partial charge in [-0.25, -0.2) is 0 Å². The number of hydrogen-bond acceptors (Lipinski definition) is 1. The summed E-state index contributed by atoms with van der Waals surface area (Å²) in [6.07, 6.45) is 4.57. The first kappa shape index (κ1) is 5.98. The molecule has 2 heterocycles. The van der Waals surface area contributed by atoms with Crippen LogP contribution in [0, 0.1) is 0 Å². The fraction of sp³-hybridized carbons (Fsp3) is 0.500. The van der Waals surface area contributed by atoms with Gasteiger partial charge in [0.25, 0.3) is 0 Å². The minimum atomic E-state index is 0.593. The molecule has 1 saturated heterocycles. The van der Waals surface area contributed by atoms with E-state index in [0.717, 1.165) is 0 Å². The van der Waals surface area contributed by atoms with E-state index in [1.54, 1.807) is 0 Å². The van der Waals surface area contributed by atoms with Crippen LogP contribution in [0.3, 0.4) is 0 Å². The molecule has 0 saturated carbocycles. The number of rotatable bonds is 1. The Balaban J connectivity index is 2.12. The predicted octanol–water partition coefficient (Wildman–Crippen LogP) is 1.44. The molecule has 10 heavy (non-hydrogen) atoms. The maximum absolute atomic E-state index is 3.43. The summed E-state index contributed by atoms with van der Waals surface area (Å²) < 4.78 is 0. The third kappa shape index (κ3) is 0.948. The number of nitrogens with one attached hydrogen (secondary N) is 2. The second-order valence-corrected chi connectivity index (χ2v) is 2.77. The van der Waals surface area contributed by atoms with Gasteiger partial charge in [0.1, 0.15) is 0 Å². The molecule has 1 aromatic heterocycles. The lowest BCUT2D eigenvalue weighted by atomic mass is 10.2. The summed E-state index contributed by atoms with van der Waals surface area (Å²) in [5.74, 6) is 0. The molecule has 0 radical (unpaired) electrons. The average molecular weight is 136 g/mol. The third-order valence-electron chi connectivity index (χ3n) is 2.06. The smallest absolute Gasteiger partial charge is 0.0473 e. The molecule has 2 rings (SSSR count). The summed E-state index contributed by atoms with van der Waals surface area (Å²) in [4.78, 5) is 3.22. The van der Waals surface area contributed by atoms with E-state index < -0.39 is 0 Å². The van der Waals surface area contributed by atoms with Gasteiger partial charge in [0.15, 0.2) is 0 Å². The molecule has 2 nitrogen and oxygen atoms in total. The summed E-state index contributed by atoms with van der Waals surface area (Å²) in [5.41, 5.74) is 1.33. The van der Waals surface area contributed by atoms with Crippen molar-refractivity contribution in [2.24, 2.45) is 0 Å². The van der Waals surface area contributed by atoms with Gasteiger partial charge in [0, 0.05) is 17.9 Å². The van der Waals surface area contributed by atoms with Gasteiger partial charge in [0.2, 0.25) is 0 Å². The summed E-state index contributed by atoms with van der Waals surface area (Å²) in [5, 5.41) is 3.43. The molecule has 0 bridgehead atoms. The Bertz CT molecular complexity index is 185. The van der Waals surface area contributed by atoms with Gasteiger partial charge in [-0.2, -0.15) is 0 Å². The van der Waals surface area contributed by atoms with Crippen LogP contribution >= 0.6 is 0 Å². The van der Waals surface area contributed by atoms with Gasteiger partial charge in [-0.3, -0.25) is 0 Å². The first-order valence-electron chi connectivity index (χ1n) is 3.83. The van der Waals surface area contributed by atoms with Crippen molar-refractivity contribution >= 4 is 0 Å². The van der Waals surface area contributed by atoms with Crippen molar-refractivity contribution in [3.8, 4) is 0 Å². The fourth-order valence-corrected chi connectivity index (χ4v) is 1.51. The Morgan fingerprint density at radius 3 is 3.10 bits per heavy atom. The molecule has 2 heteroatoms. The first-order chi connectivity index (χ1) is 4.97. The Morgan fingerprint density at radius 1 is 1.50 bits per heavy atom. The Morgan fingerprint density at radius 2 is 2.50 bits per heavy atom. The Kier molecular flexibility index (Phi) is 1.47. The molecule has 54 valence electrons. The maximum atomic E-state index is 3.43. The molecule has 1 atom stereocenters. The highest BCUT2D eigenvalue weighted by atomic mass is 15.0. The first-order valence-corrected chi connectivity index (χ1v) is 3.83. The predicted molar refractivity (Wildman–Crippen MR) is 40.8 cm³/mol. The van der Waals surface area contributed by atoms with Crippen LogP contribution in [-0.4, -0.2) is 11.5 Å². The van der Waals surface area contributed by atoms with Crippen molar-refractivity contribution in [1.29, 1.82) is 0 Å². The fourth-order valence-electron chi connectivity index (χ4n) is 1.51. The molecular formula is C8H12N2. The van der Waals surface area contributed by atoms with E-state index in [9.17, 15) is 0 Å². The maximum Gasteiger partial charge on any atom is 0.0473 e. The van der Waals surface area contributed by atoms with Crippen LogP contribution in [0.1, 0.15) is 24.6 Å². The molecule has 0 unspecified atom stereocenters. The van der Waals surface area contributed by atoms with Crippen molar-refractivity contribution in [2.45, 2.75) is 18.9 Å². The minimum absolute atomic E-state index is 0.593. The lowest BCUT2D eigenvalue weighted by Gasteiger charge is -2.05. The van der Waals surface area contributed by atoms with Crippen LogP contribution < -0.4 is 5.32 Å². The second kappa shape index (κ2) is 2.46. The molecule has 0 aromatic carbocycles. The largest absolute Gasteiger partial charge is 0.364 e. The lowest BCUT2D eigenvalue weighted by Crippen LogP contribution is -2.12. The highest BCUT2D eigenvalue weighted by molar-refractivity contribution is 5.10. The van der Waals surface area contributed by atoms with Gasteiger partial charge in [-0.05, 0) is 31.5 Å². The Labute approximate surface area is 60.6 Å². The topological polar surface area (TPSA) is 27.8 Å². The van der Waals surface area contributed by atoms with Crippen LogP contribution in [0.4, 0.5) is 0 Å². The molecule has 0 spiro atoms. The van der Waals surface area contributed by atoms with Crippen molar-refractivity contribution in [2.75, 3.05) is 6.54 Å². The zero-order chi connectivity index (χ0) is 6.81. The van der Waals surface area contributed by atoms with Crippen LogP contribution in [0.15, 0.2) is 18.3 Å². The quantitative estimate of drug-likeness (QED) is 0.600. The van der Waals surface area contributed by atoms with E-state index in [-0.39, 0.29) is 0 Å². The molecule has 1 aromatic rings. The van der Waals surface area contributed by atoms with Crippen LogP contribution in [0.2, 0.25) is 0 Å². The number of hydrogen-bond donors (Lipinski definition) is 2. The van der Waals surface area contributed by atoms with E-state index >= 15 is 0 Å². The molecule has 1 fully saturated rings. The van der Waals surface area contributed by atoms with Gasteiger partial charge >= 0.3 is 0 Å². The number of H-pyrrole nitrogens is 1. The standard InChI is InChI=1S/C8H12N2/c1-3-7(9-5-1)8-4-2-6-10-8/h1,3,5,8-10H,2,4,6H2/t8-/m0/s1. The highest BCUT2D eigenvalue weighted by Gasteiger charge is 2.15. The molecule has 1 aliphatic rings. The van der Waals surface area contributed by atoms with Crippen molar-refractivity contribution in [1.82, 2.24) is 10.3 Å². The zero-order valence-corrected chi connectivity index (χ0v) is 5.93. The molecule has 0 amide bonds. The Hall–Kier alpha value is -0.760. The zero-order valence-electron chi connectivity index (χ0n) is 5.93. The summed E-state index contributed by atoms with van der Waals surface area (Å²) in [6.45, 7) is 1.17. The molecule has 2 N–H and O–H groups in total. The van der Waals surface area contributed by atoms with E-state index in [1.165, 1.54) is 25.1 Å². The average Bonchev–Trinajstić information content (AvgIpc) is 2.59. The van der Waals surface area contributed by atoms with Crippen LogP contribution in [-0.2, 0) is 0 Å². The van der Waals surface area contributed by atoms with Crippen molar-refractivity contribution in [3.05, 3.63) is 24.0 Å². The SMILES string of the molecule is c1c[nH]c([C@@H]2CCCN2)c1. The summed E-state index contributed by atoms with van der Waals surface area (Å²) in [7, 11) is 0. The van der Waals surface area contributed by atoms with Crippen LogP contribution in [0.5, 0.6) is 0 Å². The van der Waals surface area contributed by atoms with E-state index in [2.05, 4.69) is 22.4 Å². The van der Waals surface area contributed by atoms with Gasteiger partial charge < -0.3 is 10.3 Å². The van der Waals surface area contributed by atoms with Crippen molar-refractivity contribution < 1.29 is 0 Å². The van der Waals surface area contributed by atoms with Crippen molar-refractivity contribution in [3.63, 3.8) is 0 Å². The van der Waals surface area contributed by atoms with E-state index in [0.29, 0.717) is 6.04 Å². The van der Waals surface area contributed by atoms with Gasteiger partial charge in [-0.15, -0.1) is 0 Å². The number of aromatic nitrogens is 1. The van der Waals surface area contributed by atoms with E-state index in [1.807, 2.05) is 6.20 Å². The normalized spacial score (nSPS) is 25.4. The van der Waals surface area contributed by atoms with Gasteiger partial charge in [0.05, 0.1) is 0 Å². The summed E-state index contributed by atoms with van der Waals surface area (Å²) >= 11 is 0. The molecular weight excluding hydrogens is 124 g/mol. The lowest BCUT2D eigenvalue weighted by molar-refractivity contribution is 0.632. The molecule has 1 aliphatic heterocycles. The van der Waals surface area contributed by atoms with Gasteiger partial charge in [-0.1, -0.05) is 0 Å². The van der Waals surface area contributed by atoms with Crippen LogP contribution in [0.25, 0.3) is 0 Å². The minimum Gasteiger partial charge on any atom is -0.364 e. The summed E-state index contributed by atoms with van der Waals surface area (Å²) in [6, 6.07) is 4.79. The molecule has 0 aliphatic carbocycles. The monoisotopic (exact) mass is 136 g/mol. The third-order valence-corrected chi connectivity index (χ3v) is 2.06. The number of aromatic amines is 1.